The number of aryl methyl sites for hydroxylation is 2. The minimum Gasteiger partial charge on any atom is -0.478 e. The highest BCUT2D eigenvalue weighted by atomic mass is 35.5. The molecule has 0 aliphatic rings. The number of ether oxygens (including phenoxy) is 1. The van der Waals surface area contributed by atoms with Crippen LogP contribution in [0.5, 0.6) is 5.88 Å². The molecule has 10 nitrogen and oxygen atoms in total. The summed E-state index contributed by atoms with van der Waals surface area (Å²) in [6.45, 7) is 10.2. The highest BCUT2D eigenvalue weighted by Crippen LogP contribution is 2.30. The Morgan fingerprint density at radius 2 is 1.70 bits per heavy atom. The monoisotopic (exact) mass is 691 g/mol. The third-order valence-corrected chi connectivity index (χ3v) is 8.33. The summed E-state index contributed by atoms with van der Waals surface area (Å²) in [6.07, 6.45) is 0.642. The number of hydrogen-bond acceptors (Lipinski definition) is 8. The van der Waals surface area contributed by atoms with Crippen molar-refractivity contribution in [3.05, 3.63) is 94.0 Å². The standard InChI is InChI=1S/C32H35ClFN5O5S.ClH/c1-19-8-6-9-20(2)29(19)25-15-28(38-31(37-25)39-45(42,43)23-11-7-10-21(14-23)30(40)41)44-18-22(16-32(3,4)5)35-17-26-24(34)12-13-27(33)36-26;/h6-15,22,35H,16-18H2,1-5H3,(H,40,41)(H,37,38,39);1H/t22-;/m1./s1. The number of carbonyl (C=O) groups is 1. The number of anilines is 1. The van der Waals surface area contributed by atoms with Crippen molar-refractivity contribution in [2.75, 3.05) is 11.3 Å². The van der Waals surface area contributed by atoms with Crippen LogP contribution in [0, 0.1) is 25.1 Å². The Labute approximate surface area is 279 Å². The third kappa shape index (κ3) is 9.83. The maximum Gasteiger partial charge on any atom is 0.335 e. The Morgan fingerprint density at radius 1 is 1.02 bits per heavy atom. The number of pyridine rings is 1. The highest BCUT2D eigenvalue weighted by Gasteiger charge is 2.23. The molecule has 46 heavy (non-hydrogen) atoms. The first-order chi connectivity index (χ1) is 21.1. The summed E-state index contributed by atoms with van der Waals surface area (Å²) in [5.74, 6) is -1.89. The molecule has 0 unspecified atom stereocenters. The summed E-state index contributed by atoms with van der Waals surface area (Å²) in [5, 5.41) is 12.8. The largest absolute Gasteiger partial charge is 0.478 e. The van der Waals surface area contributed by atoms with Gasteiger partial charge in [0.1, 0.15) is 17.6 Å². The summed E-state index contributed by atoms with van der Waals surface area (Å²) in [7, 11) is -4.27. The average Bonchev–Trinajstić information content (AvgIpc) is 2.95. The second-order valence-corrected chi connectivity index (χ2v) is 13.9. The number of sulfonamides is 1. The quantitative estimate of drug-likeness (QED) is 0.136. The van der Waals surface area contributed by atoms with Gasteiger partial charge in [-0.1, -0.05) is 56.6 Å². The lowest BCUT2D eigenvalue weighted by Gasteiger charge is -2.27. The van der Waals surface area contributed by atoms with Crippen LogP contribution in [0.4, 0.5) is 10.3 Å². The number of aromatic nitrogens is 3. The summed E-state index contributed by atoms with van der Waals surface area (Å²) >= 11 is 5.97. The second-order valence-electron chi connectivity index (χ2n) is 11.8. The SMILES string of the molecule is Cc1cccc(C)c1-c1cc(OC[C@@H](CC(C)(C)C)NCc2nc(Cl)ccc2F)nc(NS(=O)(=O)c2cccc(C(=O)O)c2)n1.Cl. The normalized spacial score (nSPS) is 12.2. The Kier molecular flexibility index (Phi) is 12.1. The van der Waals surface area contributed by atoms with Crippen molar-refractivity contribution in [1.29, 1.82) is 0 Å². The minimum absolute atomic E-state index is 0. The number of nitrogens with one attached hydrogen (secondary N) is 2. The van der Waals surface area contributed by atoms with Gasteiger partial charge in [0.15, 0.2) is 0 Å². The zero-order valence-corrected chi connectivity index (χ0v) is 28.4. The van der Waals surface area contributed by atoms with E-state index in [1.807, 2.05) is 32.0 Å². The number of aromatic carboxylic acids is 1. The summed E-state index contributed by atoms with van der Waals surface area (Å²) in [6, 6.07) is 14.7. The number of hydrogen-bond donors (Lipinski definition) is 3. The van der Waals surface area contributed by atoms with E-state index in [2.05, 4.69) is 45.8 Å². The van der Waals surface area contributed by atoms with E-state index in [0.29, 0.717) is 12.1 Å². The van der Waals surface area contributed by atoms with Gasteiger partial charge in [-0.2, -0.15) is 4.98 Å². The molecule has 0 fully saturated rings. The van der Waals surface area contributed by atoms with E-state index in [1.165, 1.54) is 30.3 Å². The fourth-order valence-corrected chi connectivity index (χ4v) is 5.96. The second kappa shape index (κ2) is 15.2. The molecule has 0 saturated heterocycles. The first-order valence-electron chi connectivity index (χ1n) is 14.1. The number of halogens is 3. The first-order valence-corrected chi connectivity index (χ1v) is 16.0. The van der Waals surface area contributed by atoms with E-state index in [-0.39, 0.29) is 70.1 Å². The maximum atomic E-state index is 14.3. The van der Waals surface area contributed by atoms with E-state index in [0.717, 1.165) is 22.8 Å². The molecule has 0 amide bonds. The van der Waals surface area contributed by atoms with E-state index in [4.69, 9.17) is 16.3 Å². The molecule has 4 aromatic rings. The molecule has 0 saturated carbocycles. The fourth-order valence-electron chi connectivity index (χ4n) is 4.80. The van der Waals surface area contributed by atoms with Crippen LogP contribution in [0.2, 0.25) is 5.15 Å². The molecule has 1 atom stereocenters. The van der Waals surface area contributed by atoms with Crippen molar-refractivity contribution >= 4 is 45.9 Å². The van der Waals surface area contributed by atoms with Crippen LogP contribution < -0.4 is 14.8 Å². The summed E-state index contributed by atoms with van der Waals surface area (Å²) < 4.78 is 49.4. The molecule has 2 aromatic carbocycles. The Bertz CT molecular complexity index is 1800. The Hall–Kier alpha value is -3.84. The van der Waals surface area contributed by atoms with Gasteiger partial charge in [-0.3, -0.25) is 0 Å². The molecule has 246 valence electrons. The van der Waals surface area contributed by atoms with Crippen LogP contribution >= 0.6 is 24.0 Å². The van der Waals surface area contributed by atoms with E-state index in [9.17, 15) is 22.7 Å². The van der Waals surface area contributed by atoms with Crippen molar-refractivity contribution in [3.63, 3.8) is 0 Å². The van der Waals surface area contributed by atoms with Crippen molar-refractivity contribution in [3.8, 4) is 17.1 Å². The van der Waals surface area contributed by atoms with Crippen LogP contribution in [-0.4, -0.2) is 47.1 Å². The number of carboxylic acids is 1. The topological polar surface area (TPSA) is 143 Å². The van der Waals surface area contributed by atoms with Crippen LogP contribution in [0.3, 0.4) is 0 Å². The smallest absolute Gasteiger partial charge is 0.335 e. The molecule has 0 spiro atoms. The minimum atomic E-state index is -4.27. The predicted octanol–water partition coefficient (Wildman–Crippen LogP) is 6.84. The number of rotatable bonds is 12. The molecule has 4 rings (SSSR count). The van der Waals surface area contributed by atoms with E-state index in [1.54, 1.807) is 6.07 Å². The lowest BCUT2D eigenvalue weighted by atomic mass is 9.88. The van der Waals surface area contributed by atoms with Crippen LogP contribution in [0.25, 0.3) is 11.3 Å². The van der Waals surface area contributed by atoms with Crippen LogP contribution in [0.1, 0.15) is 54.4 Å². The van der Waals surface area contributed by atoms with Gasteiger partial charge in [0, 0.05) is 24.2 Å². The van der Waals surface area contributed by atoms with Crippen molar-refractivity contribution in [2.24, 2.45) is 5.41 Å². The predicted molar refractivity (Wildman–Crippen MR) is 178 cm³/mol. The number of benzene rings is 2. The molecule has 2 heterocycles. The van der Waals surface area contributed by atoms with Gasteiger partial charge in [0.25, 0.3) is 10.0 Å². The van der Waals surface area contributed by atoms with E-state index < -0.39 is 21.8 Å². The van der Waals surface area contributed by atoms with Gasteiger partial charge in [-0.15, -0.1) is 12.4 Å². The molecule has 3 N–H and O–H groups in total. The third-order valence-electron chi connectivity index (χ3n) is 6.79. The molecule has 14 heteroatoms. The van der Waals surface area contributed by atoms with Gasteiger partial charge in [-0.25, -0.2) is 32.3 Å². The van der Waals surface area contributed by atoms with Gasteiger partial charge in [-0.05, 0) is 67.1 Å². The lowest BCUT2D eigenvalue weighted by molar-refractivity contribution is 0.0696. The molecule has 0 bridgehead atoms. The van der Waals surface area contributed by atoms with Gasteiger partial charge in [0.05, 0.1) is 21.8 Å². The van der Waals surface area contributed by atoms with Crippen molar-refractivity contribution < 1.29 is 27.4 Å². The molecule has 0 aliphatic carbocycles. The number of nitrogens with zero attached hydrogens (tertiary/aromatic N) is 3. The molecular formula is C32H36Cl2FN5O5S. The van der Waals surface area contributed by atoms with Gasteiger partial charge in [0.2, 0.25) is 11.8 Å². The molecule has 0 aliphatic heterocycles. The zero-order chi connectivity index (χ0) is 32.9. The van der Waals surface area contributed by atoms with Crippen LogP contribution in [0.15, 0.2) is 65.6 Å². The van der Waals surface area contributed by atoms with E-state index >= 15 is 0 Å². The fraction of sp³-hybridized carbons (Fsp3) is 0.312. The zero-order valence-electron chi connectivity index (χ0n) is 26.0. The number of carboxylic acid groups (broad SMARTS) is 1. The Morgan fingerprint density at radius 3 is 2.35 bits per heavy atom. The molecular weight excluding hydrogens is 656 g/mol. The Balaban J connectivity index is 0.00000576. The van der Waals surface area contributed by atoms with Crippen molar-refractivity contribution in [2.45, 2.75) is 58.5 Å². The first kappa shape index (κ1) is 36.6. The maximum absolute atomic E-state index is 14.3. The van der Waals surface area contributed by atoms with Gasteiger partial charge >= 0.3 is 5.97 Å². The average molecular weight is 693 g/mol. The summed E-state index contributed by atoms with van der Waals surface area (Å²) in [5.41, 5.74) is 2.89. The molecule has 2 aromatic heterocycles. The molecule has 0 radical (unpaired) electrons. The highest BCUT2D eigenvalue weighted by molar-refractivity contribution is 7.92. The van der Waals surface area contributed by atoms with Gasteiger partial charge < -0.3 is 15.2 Å². The lowest BCUT2D eigenvalue weighted by Crippen LogP contribution is -2.38. The summed E-state index contributed by atoms with van der Waals surface area (Å²) in [4.78, 5) is 24.1. The van der Waals surface area contributed by atoms with Crippen molar-refractivity contribution in [1.82, 2.24) is 20.3 Å². The van der Waals surface area contributed by atoms with Crippen LogP contribution in [-0.2, 0) is 16.6 Å².